The first-order valence-electron chi connectivity index (χ1n) is 24.0. The molecule has 0 saturated carbocycles. The zero-order chi connectivity index (χ0) is 57.5. The third kappa shape index (κ3) is 14.7. The number of alkyl halides is 8. The van der Waals surface area contributed by atoms with Crippen molar-refractivity contribution in [3.8, 4) is 23.1 Å². The van der Waals surface area contributed by atoms with Gasteiger partial charge in [0.25, 0.3) is 5.91 Å². The van der Waals surface area contributed by atoms with Gasteiger partial charge in [-0.15, -0.1) is 0 Å². The third-order valence-electron chi connectivity index (χ3n) is 13.5. The second kappa shape index (κ2) is 24.6. The maximum absolute atomic E-state index is 16.0. The minimum atomic E-state index is -5.28. The molecule has 4 amide bonds. The second-order valence-electron chi connectivity index (χ2n) is 19.6. The van der Waals surface area contributed by atoms with Crippen LogP contribution in [0.2, 0.25) is 0 Å². The predicted molar refractivity (Wildman–Crippen MR) is 258 cm³/mol. The van der Waals surface area contributed by atoms with Crippen LogP contribution >= 0.6 is 0 Å². The molecule has 424 valence electrons. The Kier molecular flexibility index (Phi) is 18.9. The molecule has 4 heterocycles. The Hall–Kier alpha value is -7.22. The third-order valence-corrected chi connectivity index (χ3v) is 13.5. The average molecular weight is 1120 g/mol. The van der Waals surface area contributed by atoms with Gasteiger partial charge in [0.1, 0.15) is 29.5 Å². The van der Waals surface area contributed by atoms with Crippen LogP contribution in [0, 0.1) is 34.3 Å². The summed E-state index contributed by atoms with van der Waals surface area (Å²) in [4.78, 5) is 61.1. The number of carboxylic acid groups (broad SMARTS) is 1. The standard InChI is InChI=1S/C50H56F10N10O8/c1-47(2,49(55,56)57)40(64-46(76)77-5)42(72)62-37(20-29-9-6-28(7-10-29)8-11-30-12-13-39(61-23-30)68-18-16-67(17-19-68)32-26-78-27-32)38(71)25-69(66-43(73)41(63-45(74)75)48(3,4)50(58,59)60)24-33-34(51)21-31(22-35(33)52)36-14-15-70(65-36)44(53)54/h6-7,9-10,12-15,21-23,32,37-38,40-41,44,63,71H,16-20,24-27H2,1-5H3,(H,62,72)(H,64,76)(H,66,73)(H,74,75)/t37-,38-,40+,41+/m0/s1. The van der Waals surface area contributed by atoms with Crippen molar-refractivity contribution < 1.29 is 82.8 Å². The number of hydrogen-bond donors (Lipinski definition) is 6. The van der Waals surface area contributed by atoms with Crippen molar-refractivity contribution in [1.29, 1.82) is 0 Å². The highest BCUT2D eigenvalue weighted by Gasteiger charge is 2.57. The van der Waals surface area contributed by atoms with Crippen LogP contribution in [0.25, 0.3) is 11.3 Å². The number of benzene rings is 2. The van der Waals surface area contributed by atoms with Gasteiger partial charge in [0.2, 0.25) is 5.91 Å². The molecule has 4 atom stereocenters. The van der Waals surface area contributed by atoms with Crippen molar-refractivity contribution in [2.45, 2.75) is 89.8 Å². The van der Waals surface area contributed by atoms with E-state index in [0.717, 1.165) is 64.6 Å². The summed E-state index contributed by atoms with van der Waals surface area (Å²) in [5.41, 5.74) is -4.70. The summed E-state index contributed by atoms with van der Waals surface area (Å²) in [6.45, 7) is 1.37. The lowest BCUT2D eigenvalue weighted by atomic mass is 9.82. The van der Waals surface area contributed by atoms with Gasteiger partial charge < -0.3 is 40.5 Å². The molecular weight excluding hydrogens is 1060 g/mol. The smallest absolute Gasteiger partial charge is 0.407 e. The van der Waals surface area contributed by atoms with Crippen molar-refractivity contribution in [2.24, 2.45) is 10.8 Å². The number of carbonyl (C=O) groups is 4. The summed E-state index contributed by atoms with van der Waals surface area (Å²) in [6, 6.07) is 5.38. The Morgan fingerprint density at radius 2 is 1.40 bits per heavy atom. The van der Waals surface area contributed by atoms with Crippen LogP contribution in [0.4, 0.5) is 59.3 Å². The van der Waals surface area contributed by atoms with Crippen molar-refractivity contribution in [2.75, 3.05) is 57.9 Å². The Balaban J connectivity index is 1.31. The lowest BCUT2D eigenvalue weighted by molar-refractivity contribution is -0.221. The van der Waals surface area contributed by atoms with Crippen LogP contribution in [-0.4, -0.2) is 155 Å². The van der Waals surface area contributed by atoms with E-state index < -0.39 is 115 Å². The Labute approximate surface area is 440 Å². The summed E-state index contributed by atoms with van der Waals surface area (Å²) < 4.78 is 155. The molecule has 2 aromatic heterocycles. The number of amides is 4. The number of piperazine rings is 1. The van der Waals surface area contributed by atoms with E-state index in [4.69, 9.17) is 4.74 Å². The van der Waals surface area contributed by atoms with E-state index in [9.17, 15) is 64.5 Å². The molecule has 0 unspecified atom stereocenters. The number of aromatic nitrogens is 3. The molecule has 18 nitrogen and oxygen atoms in total. The lowest BCUT2D eigenvalue weighted by Gasteiger charge is -2.42. The van der Waals surface area contributed by atoms with E-state index in [-0.39, 0.29) is 21.5 Å². The molecule has 6 rings (SSSR count). The molecule has 0 spiro atoms. The number of nitrogens with zero attached hydrogens (tertiary/aromatic N) is 6. The molecule has 28 heteroatoms. The summed E-state index contributed by atoms with van der Waals surface area (Å²) >= 11 is 0. The van der Waals surface area contributed by atoms with Crippen LogP contribution in [0.5, 0.6) is 0 Å². The SMILES string of the molecule is COC(=O)N[C@H](C(=O)N[C@@H](Cc1ccc(C#Cc2ccc(N3CCN(C4COC4)CC3)nc2)cc1)[C@@H](O)CN(Cc1c(F)cc(-c2ccn(C(F)F)n2)cc1F)NC(=O)[C@@H](NC(=O)O)C(C)(C)C(F)(F)F)C(C)(C)C(F)(F)F. The first-order valence-corrected chi connectivity index (χ1v) is 24.0. The van der Waals surface area contributed by atoms with Crippen LogP contribution in [0.3, 0.4) is 0 Å². The summed E-state index contributed by atoms with van der Waals surface area (Å²) in [5, 5.41) is 31.0. The van der Waals surface area contributed by atoms with Crippen molar-refractivity contribution in [3.63, 3.8) is 0 Å². The van der Waals surface area contributed by atoms with E-state index in [2.05, 4.69) is 41.8 Å². The highest BCUT2D eigenvalue weighted by Crippen LogP contribution is 2.42. The molecule has 2 aliphatic heterocycles. The van der Waals surface area contributed by atoms with Gasteiger partial charge in [-0.2, -0.15) is 40.2 Å². The zero-order valence-corrected chi connectivity index (χ0v) is 42.5. The first kappa shape index (κ1) is 60.0. The second-order valence-corrected chi connectivity index (χ2v) is 19.6. The van der Waals surface area contributed by atoms with Crippen LogP contribution in [-0.2, 0) is 32.0 Å². The Morgan fingerprint density at radius 1 is 0.821 bits per heavy atom. The lowest BCUT2D eigenvalue weighted by Crippen LogP contribution is -2.63. The van der Waals surface area contributed by atoms with Gasteiger partial charge in [-0.3, -0.25) is 19.9 Å². The number of hydrazine groups is 1. The van der Waals surface area contributed by atoms with Crippen molar-refractivity contribution >= 4 is 29.8 Å². The van der Waals surface area contributed by atoms with Crippen LogP contribution < -0.4 is 26.3 Å². The number of halogens is 10. The van der Waals surface area contributed by atoms with E-state index in [0.29, 0.717) is 62.0 Å². The molecule has 0 radical (unpaired) electrons. The van der Waals surface area contributed by atoms with Gasteiger partial charge in [0.05, 0.1) is 55.0 Å². The molecule has 2 saturated heterocycles. The fraction of sp³-hybridized carbons (Fsp3) is 0.480. The molecule has 0 bridgehead atoms. The molecule has 6 N–H and O–H groups in total. The van der Waals surface area contributed by atoms with Crippen molar-refractivity contribution in [3.05, 3.63) is 101 Å². The van der Waals surface area contributed by atoms with E-state index in [1.165, 1.54) is 29.6 Å². The van der Waals surface area contributed by atoms with Crippen LogP contribution in [0.1, 0.15) is 56.5 Å². The summed E-state index contributed by atoms with van der Waals surface area (Å²) in [6.07, 6.45) is -14.3. The molecule has 0 aliphatic carbocycles. The highest BCUT2D eigenvalue weighted by atomic mass is 19.4. The van der Waals surface area contributed by atoms with Gasteiger partial charge in [-0.05, 0) is 82.1 Å². The molecular formula is C50H56F10N10O8. The minimum absolute atomic E-state index is 0.186. The van der Waals surface area contributed by atoms with E-state index in [1.54, 1.807) is 12.3 Å². The van der Waals surface area contributed by atoms with Crippen molar-refractivity contribution in [1.82, 2.24) is 46.0 Å². The fourth-order valence-electron chi connectivity index (χ4n) is 8.26. The molecule has 2 fully saturated rings. The van der Waals surface area contributed by atoms with Gasteiger partial charge >= 0.3 is 31.1 Å². The topological polar surface area (TPSA) is 216 Å². The maximum atomic E-state index is 16.0. The average Bonchev–Trinajstić information content (AvgIpc) is 3.86. The number of pyridine rings is 1. The number of aliphatic hydroxyl groups excluding tert-OH is 1. The molecule has 4 aromatic rings. The number of rotatable bonds is 19. The number of aliphatic hydroxyl groups is 1. The summed E-state index contributed by atoms with van der Waals surface area (Å²) in [7, 11) is 0.809. The largest absolute Gasteiger partial charge is 0.465 e. The van der Waals surface area contributed by atoms with Crippen LogP contribution in [0.15, 0.2) is 67.0 Å². The molecule has 78 heavy (non-hydrogen) atoms. The highest BCUT2D eigenvalue weighted by molar-refractivity contribution is 5.87. The van der Waals surface area contributed by atoms with Gasteiger partial charge in [-0.25, -0.2) is 33.0 Å². The van der Waals surface area contributed by atoms with E-state index >= 15 is 8.78 Å². The number of anilines is 1. The quantitative estimate of drug-likeness (QED) is 0.0362. The monoisotopic (exact) mass is 1110 g/mol. The number of hydrogen-bond acceptors (Lipinski definition) is 12. The maximum Gasteiger partial charge on any atom is 0.407 e. The Morgan fingerprint density at radius 3 is 1.90 bits per heavy atom. The van der Waals surface area contributed by atoms with Gasteiger partial charge in [0.15, 0.2) is 0 Å². The Bertz CT molecular complexity index is 2790. The number of alkyl carbamates (subject to hydrolysis) is 1. The predicted octanol–water partition coefficient (Wildman–Crippen LogP) is 6.00. The zero-order valence-electron chi connectivity index (χ0n) is 42.5. The normalized spacial score (nSPS) is 16.3. The van der Waals surface area contributed by atoms with Gasteiger partial charge in [0, 0.05) is 73.9 Å². The fourth-order valence-corrected chi connectivity index (χ4v) is 8.26. The first-order chi connectivity index (χ1) is 36.5. The number of ether oxygens (including phenoxy) is 2. The number of carbonyl (C=O) groups excluding carboxylic acids is 3. The molecule has 2 aliphatic rings. The number of nitrogens with one attached hydrogen (secondary N) is 4. The minimum Gasteiger partial charge on any atom is -0.465 e. The number of methoxy groups -OCH3 is 1. The molecule has 2 aromatic carbocycles. The summed E-state index contributed by atoms with van der Waals surface area (Å²) in [5.74, 6) is 0.513. The van der Waals surface area contributed by atoms with E-state index in [1.807, 2.05) is 16.8 Å². The van der Waals surface area contributed by atoms with Gasteiger partial charge in [-0.1, -0.05) is 24.0 Å².